The number of likely N-dealkylation sites (N-methyl/N-ethyl adjacent to an activating group) is 2. The Morgan fingerprint density at radius 3 is 2.26 bits per heavy atom. The highest BCUT2D eigenvalue weighted by molar-refractivity contribution is 5.99. The Morgan fingerprint density at radius 2 is 1.74 bits per heavy atom. The lowest BCUT2D eigenvalue weighted by Crippen LogP contribution is -2.46. The SMILES string of the molecule is CCN1CCN(c2ncc3c(n2)N(C)C(=O)C3)CC1.O=C(O)/C=C\C(=O)O. The molecule has 27 heavy (non-hydrogen) atoms. The smallest absolute Gasteiger partial charge is 0.328 e. The number of piperazine rings is 1. The summed E-state index contributed by atoms with van der Waals surface area (Å²) in [5.74, 6) is -0.902. The maximum Gasteiger partial charge on any atom is 0.328 e. The second kappa shape index (κ2) is 9.08. The van der Waals surface area contributed by atoms with Gasteiger partial charge in [-0.3, -0.25) is 9.69 Å². The molecule has 1 amide bonds. The van der Waals surface area contributed by atoms with Crippen LogP contribution in [0.25, 0.3) is 0 Å². The van der Waals surface area contributed by atoms with Crippen LogP contribution in [0.15, 0.2) is 18.3 Å². The number of aliphatic carboxylic acids is 2. The number of fused-ring (bicyclic) bond motifs is 1. The molecule has 10 nitrogen and oxygen atoms in total. The largest absolute Gasteiger partial charge is 0.478 e. The van der Waals surface area contributed by atoms with Gasteiger partial charge in [-0.25, -0.2) is 14.6 Å². The summed E-state index contributed by atoms with van der Waals surface area (Å²) in [6, 6.07) is 0. The molecule has 0 radical (unpaired) electrons. The average Bonchev–Trinajstić information content (AvgIpc) is 2.94. The molecule has 3 heterocycles. The number of carboxylic acid groups (broad SMARTS) is 2. The predicted octanol–water partition coefficient (Wildman–Crippen LogP) is -0.151. The van der Waals surface area contributed by atoms with Crippen LogP contribution in [0.5, 0.6) is 0 Å². The third-order valence-corrected chi connectivity index (χ3v) is 4.33. The van der Waals surface area contributed by atoms with Crippen LogP contribution in [0.1, 0.15) is 12.5 Å². The zero-order valence-corrected chi connectivity index (χ0v) is 15.3. The number of rotatable bonds is 4. The van der Waals surface area contributed by atoms with E-state index in [4.69, 9.17) is 10.2 Å². The summed E-state index contributed by atoms with van der Waals surface area (Å²) < 4.78 is 0. The van der Waals surface area contributed by atoms with Crippen molar-refractivity contribution in [3.8, 4) is 0 Å². The number of aromatic nitrogens is 2. The number of carbonyl (C=O) groups is 3. The van der Waals surface area contributed by atoms with Crippen molar-refractivity contribution < 1.29 is 24.6 Å². The summed E-state index contributed by atoms with van der Waals surface area (Å²) in [5.41, 5.74) is 0.934. The van der Waals surface area contributed by atoms with Crippen LogP contribution in [0.4, 0.5) is 11.8 Å². The molecule has 0 spiro atoms. The number of hydrogen-bond donors (Lipinski definition) is 2. The molecule has 2 aliphatic heterocycles. The van der Waals surface area contributed by atoms with Crippen molar-refractivity contribution in [2.45, 2.75) is 13.3 Å². The van der Waals surface area contributed by atoms with E-state index in [9.17, 15) is 14.4 Å². The van der Waals surface area contributed by atoms with Crippen molar-refractivity contribution in [3.63, 3.8) is 0 Å². The molecule has 1 fully saturated rings. The quantitative estimate of drug-likeness (QED) is 0.689. The highest BCUT2D eigenvalue weighted by Crippen LogP contribution is 2.26. The van der Waals surface area contributed by atoms with Gasteiger partial charge in [0.25, 0.3) is 0 Å². The summed E-state index contributed by atoms with van der Waals surface area (Å²) in [6.07, 6.45) is 3.34. The number of carboxylic acids is 2. The minimum Gasteiger partial charge on any atom is -0.478 e. The van der Waals surface area contributed by atoms with Crippen molar-refractivity contribution in [1.29, 1.82) is 0 Å². The number of anilines is 2. The highest BCUT2D eigenvalue weighted by atomic mass is 16.4. The molecule has 2 aliphatic rings. The molecule has 2 N–H and O–H groups in total. The van der Waals surface area contributed by atoms with Crippen LogP contribution >= 0.6 is 0 Å². The molecule has 1 aromatic rings. The van der Waals surface area contributed by atoms with E-state index in [0.29, 0.717) is 18.6 Å². The van der Waals surface area contributed by atoms with Gasteiger partial charge in [-0.05, 0) is 6.54 Å². The molecule has 0 aromatic carbocycles. The zero-order chi connectivity index (χ0) is 20.0. The fourth-order valence-electron chi connectivity index (χ4n) is 2.76. The van der Waals surface area contributed by atoms with Gasteiger partial charge in [0.15, 0.2) is 0 Å². The average molecular weight is 377 g/mol. The first-order chi connectivity index (χ1) is 12.8. The first kappa shape index (κ1) is 20.3. The van der Waals surface area contributed by atoms with Crippen molar-refractivity contribution in [2.24, 2.45) is 0 Å². The van der Waals surface area contributed by atoms with Crippen LogP contribution in [0.3, 0.4) is 0 Å². The zero-order valence-electron chi connectivity index (χ0n) is 15.3. The van der Waals surface area contributed by atoms with Crippen LogP contribution in [0.2, 0.25) is 0 Å². The molecule has 0 saturated carbocycles. The van der Waals surface area contributed by atoms with Gasteiger partial charge in [0, 0.05) is 57.1 Å². The van der Waals surface area contributed by atoms with Crippen LogP contribution in [-0.4, -0.2) is 82.7 Å². The van der Waals surface area contributed by atoms with Crippen molar-refractivity contribution in [1.82, 2.24) is 14.9 Å². The molecule has 0 bridgehead atoms. The molecule has 3 rings (SSSR count). The Balaban J connectivity index is 0.000000279. The molecular formula is C17H23N5O5. The molecule has 0 unspecified atom stereocenters. The lowest BCUT2D eigenvalue weighted by molar-refractivity contribution is -0.134. The van der Waals surface area contributed by atoms with Gasteiger partial charge in [0.2, 0.25) is 11.9 Å². The van der Waals surface area contributed by atoms with E-state index in [1.807, 2.05) is 0 Å². The molecule has 1 aromatic heterocycles. The van der Waals surface area contributed by atoms with Crippen LogP contribution in [-0.2, 0) is 20.8 Å². The Labute approximate surface area is 156 Å². The van der Waals surface area contributed by atoms with E-state index in [1.165, 1.54) is 0 Å². The molecular weight excluding hydrogens is 354 g/mol. The van der Waals surface area contributed by atoms with E-state index < -0.39 is 11.9 Å². The maximum atomic E-state index is 11.6. The molecule has 10 heteroatoms. The van der Waals surface area contributed by atoms with Gasteiger partial charge >= 0.3 is 11.9 Å². The Bertz CT molecular complexity index is 727. The first-order valence-electron chi connectivity index (χ1n) is 8.55. The molecule has 0 aliphatic carbocycles. The van der Waals surface area contributed by atoms with Gasteiger partial charge in [-0.1, -0.05) is 6.92 Å². The topological polar surface area (TPSA) is 127 Å². The van der Waals surface area contributed by atoms with Gasteiger partial charge in [-0.2, -0.15) is 4.98 Å². The molecule has 0 atom stereocenters. The summed E-state index contributed by atoms with van der Waals surface area (Å²) >= 11 is 0. The summed E-state index contributed by atoms with van der Waals surface area (Å²) in [6.45, 7) is 7.27. The number of amides is 1. The van der Waals surface area contributed by atoms with Gasteiger partial charge < -0.3 is 20.0 Å². The second-order valence-corrected chi connectivity index (χ2v) is 6.08. The number of hydrogen-bond acceptors (Lipinski definition) is 7. The fraction of sp³-hybridized carbons (Fsp3) is 0.471. The lowest BCUT2D eigenvalue weighted by atomic mass is 10.3. The highest BCUT2D eigenvalue weighted by Gasteiger charge is 2.27. The standard InChI is InChI=1S/C13H19N5O.C4H4O4/c1-3-17-4-6-18(7-5-17)13-14-9-10-8-11(19)16(2)12(10)15-13;5-3(6)1-2-4(7)8/h9H,3-8H2,1-2H3;1-2H,(H,5,6)(H,7,8)/b;2-1-. The minimum atomic E-state index is -1.26. The Hall–Kier alpha value is -3.01. The summed E-state index contributed by atoms with van der Waals surface area (Å²) in [7, 11) is 1.78. The molecule has 146 valence electrons. The van der Waals surface area contributed by atoms with Gasteiger partial charge in [0.1, 0.15) is 5.82 Å². The number of nitrogens with zero attached hydrogens (tertiary/aromatic N) is 5. The Kier molecular flexibility index (Phi) is 6.83. The first-order valence-corrected chi connectivity index (χ1v) is 8.55. The van der Waals surface area contributed by atoms with Crippen LogP contribution < -0.4 is 9.80 Å². The van der Waals surface area contributed by atoms with Crippen molar-refractivity contribution in [3.05, 3.63) is 23.9 Å². The summed E-state index contributed by atoms with van der Waals surface area (Å²) in [4.78, 5) is 46.0. The second-order valence-electron chi connectivity index (χ2n) is 6.08. The van der Waals surface area contributed by atoms with E-state index in [1.54, 1.807) is 18.1 Å². The van der Waals surface area contributed by atoms with E-state index >= 15 is 0 Å². The van der Waals surface area contributed by atoms with Crippen molar-refractivity contribution in [2.75, 3.05) is 49.6 Å². The predicted molar refractivity (Wildman–Crippen MR) is 97.9 cm³/mol. The Morgan fingerprint density at radius 1 is 1.15 bits per heavy atom. The maximum absolute atomic E-state index is 11.6. The van der Waals surface area contributed by atoms with E-state index in [0.717, 1.165) is 50.1 Å². The van der Waals surface area contributed by atoms with Gasteiger partial charge in [0.05, 0.1) is 6.42 Å². The third-order valence-electron chi connectivity index (χ3n) is 4.33. The fourth-order valence-corrected chi connectivity index (χ4v) is 2.76. The van der Waals surface area contributed by atoms with E-state index in [-0.39, 0.29) is 5.91 Å². The monoisotopic (exact) mass is 377 g/mol. The number of carbonyl (C=O) groups excluding carboxylic acids is 1. The van der Waals surface area contributed by atoms with E-state index in [2.05, 4.69) is 26.7 Å². The van der Waals surface area contributed by atoms with Crippen molar-refractivity contribution >= 4 is 29.6 Å². The lowest BCUT2D eigenvalue weighted by Gasteiger charge is -2.34. The summed E-state index contributed by atoms with van der Waals surface area (Å²) in [5, 5.41) is 15.6. The van der Waals surface area contributed by atoms with Crippen LogP contribution in [0, 0.1) is 0 Å². The third kappa shape index (κ3) is 5.48. The molecule has 1 saturated heterocycles. The normalized spacial score (nSPS) is 16.9. The minimum absolute atomic E-state index is 0.0947. The van der Waals surface area contributed by atoms with Gasteiger partial charge in [-0.15, -0.1) is 0 Å².